The van der Waals surface area contributed by atoms with Crippen LogP contribution in [0.3, 0.4) is 0 Å². The number of carbonyl (C=O) groups excluding carboxylic acids is 1. The quantitative estimate of drug-likeness (QED) is 0.558. The van der Waals surface area contributed by atoms with E-state index in [1.54, 1.807) is 18.3 Å². The van der Waals surface area contributed by atoms with Crippen molar-refractivity contribution in [3.05, 3.63) is 53.5 Å². The minimum Gasteiger partial charge on any atom is -0.339 e. The van der Waals surface area contributed by atoms with E-state index >= 15 is 0 Å². The normalized spacial score (nSPS) is 11.0. The van der Waals surface area contributed by atoms with Crippen LogP contribution in [-0.2, 0) is 11.2 Å². The Morgan fingerprint density at radius 1 is 1.23 bits per heavy atom. The van der Waals surface area contributed by atoms with Crippen molar-refractivity contribution in [3.63, 3.8) is 0 Å². The van der Waals surface area contributed by atoms with Gasteiger partial charge in [0, 0.05) is 24.1 Å². The summed E-state index contributed by atoms with van der Waals surface area (Å²) < 4.78 is 6.09. The minimum atomic E-state index is -0.173. The topological polar surface area (TPSA) is 93.8 Å². The van der Waals surface area contributed by atoms with Crippen LogP contribution in [0.5, 0.6) is 0 Å². The molecule has 26 heavy (non-hydrogen) atoms. The van der Waals surface area contributed by atoms with Crippen LogP contribution in [-0.4, -0.2) is 26.0 Å². The number of hydrogen-bond donors (Lipinski definition) is 1. The summed E-state index contributed by atoms with van der Waals surface area (Å²) in [4.78, 5) is 24.9. The lowest BCUT2D eigenvalue weighted by molar-refractivity contribution is -0.116. The number of benzene rings is 1. The van der Waals surface area contributed by atoms with E-state index in [0.29, 0.717) is 34.0 Å². The zero-order valence-corrected chi connectivity index (χ0v) is 14.9. The first-order valence-electron chi connectivity index (χ1n) is 7.77. The highest BCUT2D eigenvalue weighted by atomic mass is 35.5. The van der Waals surface area contributed by atoms with E-state index in [1.807, 2.05) is 24.3 Å². The monoisotopic (exact) mass is 385 g/mol. The maximum Gasteiger partial charge on any atom is 0.227 e. The van der Waals surface area contributed by atoms with E-state index in [9.17, 15) is 4.79 Å². The molecule has 7 nitrogen and oxygen atoms in total. The van der Waals surface area contributed by atoms with Crippen molar-refractivity contribution in [2.45, 2.75) is 12.8 Å². The van der Waals surface area contributed by atoms with E-state index in [1.165, 1.54) is 11.3 Å². The maximum atomic E-state index is 12.1. The molecule has 0 aliphatic carbocycles. The van der Waals surface area contributed by atoms with Crippen LogP contribution in [0, 0.1) is 0 Å². The number of hydrogen-bond acceptors (Lipinski definition) is 7. The molecule has 4 rings (SSSR count). The van der Waals surface area contributed by atoms with Gasteiger partial charge in [0.05, 0.1) is 10.2 Å². The highest BCUT2D eigenvalue weighted by Crippen LogP contribution is 2.28. The summed E-state index contributed by atoms with van der Waals surface area (Å²) in [6, 6.07) is 10.9. The Morgan fingerprint density at radius 3 is 3.00 bits per heavy atom. The standard InChI is InChI=1S/C17H12ClN5O2S/c18-10-4-5-11-13(9-10)26-17(20-11)21-14(24)6-7-15-22-16(23-25-15)12-3-1-2-8-19-12/h1-5,8-9H,6-7H2,(H,20,21,24). The van der Waals surface area contributed by atoms with Crippen LogP contribution >= 0.6 is 22.9 Å². The summed E-state index contributed by atoms with van der Waals surface area (Å²) in [7, 11) is 0. The van der Waals surface area contributed by atoms with Crippen molar-refractivity contribution in [1.29, 1.82) is 0 Å². The van der Waals surface area contributed by atoms with E-state index < -0.39 is 0 Å². The van der Waals surface area contributed by atoms with E-state index in [4.69, 9.17) is 16.1 Å². The number of nitrogens with one attached hydrogen (secondary N) is 1. The predicted octanol–water partition coefficient (Wildman–Crippen LogP) is 3.97. The fourth-order valence-corrected chi connectivity index (χ4v) is 3.47. The first kappa shape index (κ1) is 16.6. The average Bonchev–Trinajstić information content (AvgIpc) is 3.27. The smallest absolute Gasteiger partial charge is 0.227 e. The summed E-state index contributed by atoms with van der Waals surface area (Å²) in [6.45, 7) is 0. The van der Waals surface area contributed by atoms with Crippen LogP contribution in [0.25, 0.3) is 21.7 Å². The molecule has 0 atom stereocenters. The Kier molecular flexibility index (Phi) is 4.59. The number of pyridine rings is 1. The van der Waals surface area contributed by atoms with Crippen molar-refractivity contribution in [1.82, 2.24) is 20.1 Å². The average molecular weight is 386 g/mol. The van der Waals surface area contributed by atoms with Crippen LogP contribution in [0.1, 0.15) is 12.3 Å². The van der Waals surface area contributed by atoms with Gasteiger partial charge in [-0.05, 0) is 30.3 Å². The highest BCUT2D eigenvalue weighted by molar-refractivity contribution is 7.22. The second kappa shape index (κ2) is 7.19. The lowest BCUT2D eigenvalue weighted by Crippen LogP contribution is -2.12. The third-order valence-electron chi connectivity index (χ3n) is 3.52. The summed E-state index contributed by atoms with van der Waals surface area (Å²) in [5.74, 6) is 0.619. The molecule has 1 N–H and O–H groups in total. The largest absolute Gasteiger partial charge is 0.339 e. The Bertz CT molecular complexity index is 1060. The second-order valence-corrected chi connectivity index (χ2v) is 6.87. The molecule has 0 fully saturated rings. The Morgan fingerprint density at radius 2 is 2.15 bits per heavy atom. The lowest BCUT2D eigenvalue weighted by atomic mass is 10.3. The number of rotatable bonds is 5. The first-order valence-corrected chi connectivity index (χ1v) is 8.97. The summed E-state index contributed by atoms with van der Waals surface area (Å²) in [6.07, 6.45) is 2.20. The molecule has 0 radical (unpaired) electrons. The van der Waals surface area contributed by atoms with Crippen molar-refractivity contribution in [2.75, 3.05) is 5.32 Å². The van der Waals surface area contributed by atoms with Gasteiger partial charge in [0.15, 0.2) is 5.13 Å². The van der Waals surface area contributed by atoms with Gasteiger partial charge in [0.25, 0.3) is 0 Å². The molecule has 0 aliphatic rings. The molecule has 0 unspecified atom stereocenters. The van der Waals surface area contributed by atoms with Crippen LogP contribution in [0.15, 0.2) is 47.1 Å². The van der Waals surface area contributed by atoms with Gasteiger partial charge >= 0.3 is 0 Å². The molecule has 1 amide bonds. The molecule has 130 valence electrons. The number of halogens is 1. The van der Waals surface area contributed by atoms with E-state index in [2.05, 4.69) is 25.4 Å². The molecular formula is C17H12ClN5O2S. The lowest BCUT2D eigenvalue weighted by Gasteiger charge is -1.98. The van der Waals surface area contributed by atoms with Gasteiger partial charge in [0.1, 0.15) is 5.69 Å². The van der Waals surface area contributed by atoms with Crippen LogP contribution in [0.4, 0.5) is 5.13 Å². The van der Waals surface area contributed by atoms with Crippen molar-refractivity contribution < 1.29 is 9.32 Å². The Labute approximate surface area is 157 Å². The highest BCUT2D eigenvalue weighted by Gasteiger charge is 2.13. The SMILES string of the molecule is O=C(CCc1nc(-c2ccccn2)no1)Nc1nc2ccc(Cl)cc2s1. The van der Waals surface area contributed by atoms with E-state index in [0.717, 1.165) is 10.2 Å². The molecule has 4 aromatic rings. The number of fused-ring (bicyclic) bond motifs is 1. The molecule has 1 aromatic carbocycles. The predicted molar refractivity (Wildman–Crippen MR) is 99.1 cm³/mol. The fourth-order valence-electron chi connectivity index (χ4n) is 2.31. The number of carbonyl (C=O) groups is 1. The molecular weight excluding hydrogens is 374 g/mol. The number of aromatic nitrogens is 4. The third kappa shape index (κ3) is 3.71. The number of thiazole rings is 1. The summed E-state index contributed by atoms with van der Waals surface area (Å²) in [5, 5.41) is 7.84. The molecule has 3 heterocycles. The van der Waals surface area contributed by atoms with Gasteiger partial charge < -0.3 is 9.84 Å². The molecule has 3 aromatic heterocycles. The van der Waals surface area contributed by atoms with Crippen molar-refractivity contribution >= 4 is 44.2 Å². The Balaban J connectivity index is 1.37. The van der Waals surface area contributed by atoms with Gasteiger partial charge in [-0.2, -0.15) is 4.98 Å². The maximum absolute atomic E-state index is 12.1. The zero-order valence-electron chi connectivity index (χ0n) is 13.3. The first-order chi connectivity index (χ1) is 12.7. The molecule has 0 aliphatic heterocycles. The van der Waals surface area contributed by atoms with Gasteiger partial charge in [-0.25, -0.2) is 4.98 Å². The Hall–Kier alpha value is -2.84. The minimum absolute atomic E-state index is 0.173. The molecule has 0 saturated carbocycles. The number of anilines is 1. The van der Waals surface area contributed by atoms with Gasteiger partial charge in [-0.3, -0.25) is 9.78 Å². The van der Waals surface area contributed by atoms with Gasteiger partial charge in [-0.15, -0.1) is 0 Å². The number of amides is 1. The van der Waals surface area contributed by atoms with Crippen molar-refractivity contribution in [2.24, 2.45) is 0 Å². The van der Waals surface area contributed by atoms with Gasteiger partial charge in [-0.1, -0.05) is 34.2 Å². The molecule has 9 heteroatoms. The number of aryl methyl sites for hydroxylation is 1. The number of nitrogens with zero attached hydrogens (tertiary/aromatic N) is 4. The van der Waals surface area contributed by atoms with Crippen LogP contribution in [0.2, 0.25) is 5.02 Å². The molecule has 0 saturated heterocycles. The summed E-state index contributed by atoms with van der Waals surface area (Å²) >= 11 is 7.34. The second-order valence-electron chi connectivity index (χ2n) is 5.41. The van der Waals surface area contributed by atoms with Crippen LogP contribution < -0.4 is 5.32 Å². The summed E-state index contributed by atoms with van der Waals surface area (Å²) in [5.41, 5.74) is 1.42. The fraction of sp³-hybridized carbons (Fsp3) is 0.118. The van der Waals surface area contributed by atoms with Gasteiger partial charge in [0.2, 0.25) is 17.6 Å². The van der Waals surface area contributed by atoms with Crippen molar-refractivity contribution in [3.8, 4) is 11.5 Å². The molecule has 0 bridgehead atoms. The third-order valence-corrected chi connectivity index (χ3v) is 4.69. The molecule has 0 spiro atoms. The van der Waals surface area contributed by atoms with E-state index in [-0.39, 0.29) is 12.3 Å². The zero-order chi connectivity index (χ0) is 17.9.